The van der Waals surface area contributed by atoms with Crippen LogP contribution in [0.1, 0.15) is 25.7 Å². The van der Waals surface area contributed by atoms with Gasteiger partial charge < -0.3 is 10.6 Å². The number of hydrogen-bond donors (Lipinski definition) is 2. The summed E-state index contributed by atoms with van der Waals surface area (Å²) in [5.74, 6) is 0. The molecule has 1 unspecified atom stereocenters. The molecule has 1 saturated carbocycles. The number of hydrogen-bond acceptors (Lipinski definition) is 2. The minimum absolute atomic E-state index is 0.694. The molecule has 1 spiro atoms. The summed E-state index contributed by atoms with van der Waals surface area (Å²) >= 11 is 0. The Bertz CT molecular complexity index is 136. The SMILES string of the molecule is CNC1CCC12CCNCC2. The van der Waals surface area contributed by atoms with Crippen LogP contribution in [-0.4, -0.2) is 26.2 Å². The molecule has 1 atom stereocenters. The van der Waals surface area contributed by atoms with Gasteiger partial charge in [0.2, 0.25) is 0 Å². The fourth-order valence-corrected chi connectivity index (χ4v) is 2.67. The van der Waals surface area contributed by atoms with Crippen LogP contribution in [-0.2, 0) is 0 Å². The van der Waals surface area contributed by atoms with Crippen LogP contribution in [0, 0.1) is 5.41 Å². The minimum atomic E-state index is 0.694. The van der Waals surface area contributed by atoms with Crippen LogP contribution in [0.3, 0.4) is 0 Å². The fraction of sp³-hybridized carbons (Fsp3) is 1.00. The van der Waals surface area contributed by atoms with Crippen LogP contribution >= 0.6 is 0 Å². The van der Waals surface area contributed by atoms with E-state index < -0.39 is 0 Å². The summed E-state index contributed by atoms with van der Waals surface area (Å²) < 4.78 is 0. The standard InChI is InChI=1S/C9H18N2/c1-10-8-2-3-9(8)4-6-11-7-5-9/h8,10-11H,2-7H2,1H3. The van der Waals surface area contributed by atoms with Crippen molar-refractivity contribution in [2.45, 2.75) is 31.7 Å². The summed E-state index contributed by atoms with van der Waals surface area (Å²) in [6.07, 6.45) is 5.63. The van der Waals surface area contributed by atoms with E-state index in [1.807, 2.05) is 0 Å². The second-order valence-corrected chi connectivity index (χ2v) is 3.99. The first-order valence-electron chi connectivity index (χ1n) is 4.75. The van der Waals surface area contributed by atoms with Gasteiger partial charge in [-0.2, -0.15) is 0 Å². The van der Waals surface area contributed by atoms with E-state index in [1.54, 1.807) is 0 Å². The molecule has 1 heterocycles. The topological polar surface area (TPSA) is 24.1 Å². The van der Waals surface area contributed by atoms with E-state index in [2.05, 4.69) is 17.7 Å². The van der Waals surface area contributed by atoms with Crippen molar-refractivity contribution in [1.29, 1.82) is 0 Å². The van der Waals surface area contributed by atoms with E-state index >= 15 is 0 Å². The molecular formula is C9H18N2. The van der Waals surface area contributed by atoms with Gasteiger partial charge in [0.05, 0.1) is 0 Å². The Morgan fingerprint density at radius 2 is 2.00 bits per heavy atom. The Balaban J connectivity index is 1.97. The Hall–Kier alpha value is -0.0800. The number of nitrogens with one attached hydrogen (secondary N) is 2. The van der Waals surface area contributed by atoms with Crippen LogP contribution in [0.5, 0.6) is 0 Å². The lowest BCUT2D eigenvalue weighted by Gasteiger charge is -2.52. The lowest BCUT2D eigenvalue weighted by Crippen LogP contribution is -2.56. The van der Waals surface area contributed by atoms with Crippen molar-refractivity contribution in [3.63, 3.8) is 0 Å². The lowest BCUT2D eigenvalue weighted by atomic mass is 9.59. The summed E-state index contributed by atoms with van der Waals surface area (Å²) in [6.45, 7) is 2.47. The summed E-state index contributed by atoms with van der Waals surface area (Å²) in [4.78, 5) is 0. The van der Waals surface area contributed by atoms with Crippen molar-refractivity contribution in [3.05, 3.63) is 0 Å². The first kappa shape index (κ1) is 7.56. The Morgan fingerprint density at radius 1 is 1.27 bits per heavy atom. The molecule has 1 saturated heterocycles. The molecule has 2 aliphatic rings. The molecule has 2 N–H and O–H groups in total. The maximum absolute atomic E-state index is 3.43. The Morgan fingerprint density at radius 3 is 2.45 bits per heavy atom. The lowest BCUT2D eigenvalue weighted by molar-refractivity contribution is 0.0349. The number of piperidine rings is 1. The summed E-state index contributed by atoms with van der Waals surface area (Å²) in [6, 6.07) is 0.824. The maximum Gasteiger partial charge on any atom is 0.0122 e. The van der Waals surface area contributed by atoms with Gasteiger partial charge >= 0.3 is 0 Å². The van der Waals surface area contributed by atoms with Gasteiger partial charge in [0.1, 0.15) is 0 Å². The maximum atomic E-state index is 3.43. The zero-order valence-electron chi connectivity index (χ0n) is 7.32. The second kappa shape index (κ2) is 2.76. The molecule has 64 valence electrons. The van der Waals surface area contributed by atoms with Crippen molar-refractivity contribution in [2.75, 3.05) is 20.1 Å². The number of rotatable bonds is 1. The highest BCUT2D eigenvalue weighted by atomic mass is 15.0. The van der Waals surface area contributed by atoms with Crippen molar-refractivity contribution in [3.8, 4) is 0 Å². The van der Waals surface area contributed by atoms with E-state index in [4.69, 9.17) is 0 Å². The molecule has 1 aliphatic heterocycles. The van der Waals surface area contributed by atoms with Crippen molar-refractivity contribution in [1.82, 2.24) is 10.6 Å². The molecule has 2 fully saturated rings. The van der Waals surface area contributed by atoms with Crippen molar-refractivity contribution < 1.29 is 0 Å². The molecule has 0 aromatic rings. The fourth-order valence-electron chi connectivity index (χ4n) is 2.67. The van der Waals surface area contributed by atoms with Crippen LogP contribution in [0.25, 0.3) is 0 Å². The third-order valence-corrected chi connectivity index (χ3v) is 3.62. The smallest absolute Gasteiger partial charge is 0.0122 e. The summed E-state index contributed by atoms with van der Waals surface area (Å²) in [5, 5.41) is 6.86. The predicted molar refractivity (Wildman–Crippen MR) is 46.6 cm³/mol. The molecule has 11 heavy (non-hydrogen) atoms. The van der Waals surface area contributed by atoms with Gasteiger partial charge in [0.25, 0.3) is 0 Å². The Labute approximate surface area is 68.7 Å². The van der Waals surface area contributed by atoms with E-state index in [0.29, 0.717) is 5.41 Å². The van der Waals surface area contributed by atoms with Crippen molar-refractivity contribution in [2.24, 2.45) is 5.41 Å². The molecule has 0 radical (unpaired) electrons. The molecule has 2 nitrogen and oxygen atoms in total. The largest absolute Gasteiger partial charge is 0.317 e. The highest BCUT2D eigenvalue weighted by molar-refractivity contribution is 5.01. The molecule has 2 rings (SSSR count). The van der Waals surface area contributed by atoms with E-state index in [9.17, 15) is 0 Å². The van der Waals surface area contributed by atoms with E-state index in [0.717, 1.165) is 6.04 Å². The van der Waals surface area contributed by atoms with Crippen molar-refractivity contribution >= 4 is 0 Å². The molecule has 0 bridgehead atoms. The van der Waals surface area contributed by atoms with Gasteiger partial charge in [-0.25, -0.2) is 0 Å². The average molecular weight is 154 g/mol. The Kier molecular flexibility index (Phi) is 1.90. The first-order valence-corrected chi connectivity index (χ1v) is 4.75. The third-order valence-electron chi connectivity index (χ3n) is 3.62. The first-order chi connectivity index (χ1) is 5.37. The molecule has 0 amide bonds. The second-order valence-electron chi connectivity index (χ2n) is 3.99. The van der Waals surface area contributed by atoms with Crippen LogP contribution in [0.15, 0.2) is 0 Å². The van der Waals surface area contributed by atoms with Crippen LogP contribution in [0.2, 0.25) is 0 Å². The van der Waals surface area contributed by atoms with Gasteiger partial charge in [-0.1, -0.05) is 0 Å². The molecule has 0 aromatic heterocycles. The summed E-state index contributed by atoms with van der Waals surface area (Å²) in [7, 11) is 2.10. The molecule has 2 heteroatoms. The van der Waals surface area contributed by atoms with E-state index in [1.165, 1.54) is 38.8 Å². The minimum Gasteiger partial charge on any atom is -0.317 e. The molecule has 0 aromatic carbocycles. The van der Waals surface area contributed by atoms with Crippen LogP contribution < -0.4 is 10.6 Å². The quantitative estimate of drug-likeness (QED) is 0.582. The monoisotopic (exact) mass is 154 g/mol. The zero-order valence-corrected chi connectivity index (χ0v) is 7.32. The van der Waals surface area contributed by atoms with Gasteiger partial charge in [-0.05, 0) is 51.2 Å². The summed E-state index contributed by atoms with van der Waals surface area (Å²) in [5.41, 5.74) is 0.694. The highest BCUT2D eigenvalue weighted by Gasteiger charge is 2.45. The predicted octanol–water partition coefficient (Wildman–Crippen LogP) is 0.738. The van der Waals surface area contributed by atoms with Gasteiger partial charge in [0.15, 0.2) is 0 Å². The average Bonchev–Trinajstić information content (AvgIpc) is 2.05. The van der Waals surface area contributed by atoms with Gasteiger partial charge in [0, 0.05) is 6.04 Å². The van der Waals surface area contributed by atoms with Gasteiger partial charge in [-0.3, -0.25) is 0 Å². The van der Waals surface area contributed by atoms with Gasteiger partial charge in [-0.15, -0.1) is 0 Å². The highest BCUT2D eigenvalue weighted by Crippen LogP contribution is 2.47. The van der Waals surface area contributed by atoms with E-state index in [-0.39, 0.29) is 0 Å². The zero-order chi connectivity index (χ0) is 7.73. The molecule has 1 aliphatic carbocycles. The normalized spacial score (nSPS) is 35.2. The third kappa shape index (κ3) is 1.09. The molecular weight excluding hydrogens is 136 g/mol. The van der Waals surface area contributed by atoms with Crippen LogP contribution in [0.4, 0.5) is 0 Å².